The Morgan fingerprint density at radius 3 is 2.78 bits per heavy atom. The van der Waals surface area contributed by atoms with Crippen LogP contribution in [0.3, 0.4) is 0 Å². The normalized spacial score (nSPS) is 15.8. The number of nitrogens with zero attached hydrogens (tertiary/aromatic N) is 1. The summed E-state index contributed by atoms with van der Waals surface area (Å²) in [6, 6.07) is 5.39. The van der Waals surface area contributed by atoms with Gasteiger partial charge >= 0.3 is 0 Å². The van der Waals surface area contributed by atoms with E-state index in [0.29, 0.717) is 12.1 Å². The Morgan fingerprint density at radius 2 is 2.11 bits per heavy atom. The van der Waals surface area contributed by atoms with Crippen LogP contribution in [0.25, 0.3) is 0 Å². The molecule has 1 amide bonds. The zero-order valence-electron chi connectivity index (χ0n) is 10.9. The number of amides is 1. The summed E-state index contributed by atoms with van der Waals surface area (Å²) in [6.07, 6.45) is 2.57. The van der Waals surface area contributed by atoms with Crippen molar-refractivity contribution in [1.29, 1.82) is 0 Å². The van der Waals surface area contributed by atoms with Crippen molar-refractivity contribution in [2.24, 2.45) is 0 Å². The van der Waals surface area contributed by atoms with E-state index in [0.717, 1.165) is 30.9 Å². The number of rotatable bonds is 4. The molecular formula is C14H21N3O. The average Bonchev–Trinajstić information content (AvgIpc) is 2.85. The highest BCUT2D eigenvalue weighted by Gasteiger charge is 2.11. The molecule has 18 heavy (non-hydrogen) atoms. The maximum absolute atomic E-state index is 11.9. The van der Waals surface area contributed by atoms with Gasteiger partial charge in [-0.1, -0.05) is 0 Å². The molecule has 0 radical (unpaired) electrons. The summed E-state index contributed by atoms with van der Waals surface area (Å²) < 4.78 is 0. The Morgan fingerprint density at radius 1 is 1.39 bits per heavy atom. The van der Waals surface area contributed by atoms with Crippen LogP contribution >= 0.6 is 0 Å². The topological polar surface area (TPSA) is 58.4 Å². The van der Waals surface area contributed by atoms with Gasteiger partial charge in [-0.15, -0.1) is 0 Å². The number of carbonyl (C=O) groups excluding carboxylic acids is 1. The summed E-state index contributed by atoms with van der Waals surface area (Å²) in [4.78, 5) is 14.3. The van der Waals surface area contributed by atoms with Crippen LogP contribution in [-0.2, 0) is 0 Å². The van der Waals surface area contributed by atoms with Crippen molar-refractivity contribution in [3.05, 3.63) is 29.3 Å². The van der Waals surface area contributed by atoms with Crippen molar-refractivity contribution in [3.63, 3.8) is 0 Å². The molecule has 1 aromatic carbocycles. The molecule has 98 valence electrons. The van der Waals surface area contributed by atoms with Gasteiger partial charge in [0.2, 0.25) is 0 Å². The fourth-order valence-electron chi connectivity index (χ4n) is 2.25. The molecule has 0 bridgehead atoms. The number of carbonyl (C=O) groups is 1. The molecular weight excluding hydrogens is 226 g/mol. The first kappa shape index (κ1) is 12.9. The van der Waals surface area contributed by atoms with Gasteiger partial charge in [0.05, 0.1) is 0 Å². The maximum atomic E-state index is 11.9. The van der Waals surface area contributed by atoms with E-state index >= 15 is 0 Å². The highest BCUT2D eigenvalue weighted by molar-refractivity contribution is 5.94. The van der Waals surface area contributed by atoms with Crippen LogP contribution in [-0.4, -0.2) is 37.0 Å². The van der Waals surface area contributed by atoms with Crippen LogP contribution in [0.1, 0.15) is 28.8 Å². The fourth-order valence-corrected chi connectivity index (χ4v) is 2.25. The summed E-state index contributed by atoms with van der Waals surface area (Å²) in [7, 11) is 0. The van der Waals surface area contributed by atoms with E-state index in [4.69, 9.17) is 5.73 Å². The quantitative estimate of drug-likeness (QED) is 0.791. The molecule has 4 heteroatoms. The number of aryl methyl sites for hydroxylation is 1. The number of likely N-dealkylation sites (tertiary alicyclic amines) is 1. The molecule has 0 aliphatic carbocycles. The van der Waals surface area contributed by atoms with E-state index in [2.05, 4.69) is 10.2 Å². The predicted octanol–water partition coefficient (Wildman–Crippen LogP) is 1.40. The van der Waals surface area contributed by atoms with Crippen molar-refractivity contribution < 1.29 is 4.79 Å². The first-order chi connectivity index (χ1) is 8.66. The molecule has 0 aromatic heterocycles. The maximum Gasteiger partial charge on any atom is 0.251 e. The monoisotopic (exact) mass is 247 g/mol. The molecule has 2 rings (SSSR count). The first-order valence-electron chi connectivity index (χ1n) is 6.53. The van der Waals surface area contributed by atoms with Gasteiger partial charge < -0.3 is 16.0 Å². The Kier molecular flexibility index (Phi) is 4.20. The van der Waals surface area contributed by atoms with Crippen LogP contribution in [0.4, 0.5) is 5.69 Å². The zero-order chi connectivity index (χ0) is 13.0. The molecule has 3 N–H and O–H groups in total. The Labute approximate surface area is 108 Å². The average molecular weight is 247 g/mol. The van der Waals surface area contributed by atoms with E-state index in [1.54, 1.807) is 12.1 Å². The highest BCUT2D eigenvalue weighted by atomic mass is 16.1. The van der Waals surface area contributed by atoms with Crippen molar-refractivity contribution >= 4 is 11.6 Å². The van der Waals surface area contributed by atoms with E-state index < -0.39 is 0 Å². The molecule has 1 aromatic rings. The Hall–Kier alpha value is -1.55. The summed E-state index contributed by atoms with van der Waals surface area (Å²) in [6.45, 7) is 5.89. The third-order valence-electron chi connectivity index (χ3n) is 3.44. The predicted molar refractivity (Wildman–Crippen MR) is 73.6 cm³/mol. The van der Waals surface area contributed by atoms with E-state index in [1.165, 1.54) is 12.8 Å². The van der Waals surface area contributed by atoms with E-state index in [9.17, 15) is 4.79 Å². The Bertz CT molecular complexity index is 425. The molecule has 1 fully saturated rings. The fraction of sp³-hybridized carbons (Fsp3) is 0.500. The molecule has 1 aliphatic rings. The second kappa shape index (κ2) is 5.87. The lowest BCUT2D eigenvalue weighted by atomic mass is 10.1. The van der Waals surface area contributed by atoms with Crippen molar-refractivity contribution in [3.8, 4) is 0 Å². The van der Waals surface area contributed by atoms with Crippen LogP contribution in [0, 0.1) is 6.92 Å². The van der Waals surface area contributed by atoms with Gasteiger partial charge in [0.1, 0.15) is 0 Å². The van der Waals surface area contributed by atoms with Crippen LogP contribution in [0.5, 0.6) is 0 Å². The first-order valence-corrected chi connectivity index (χ1v) is 6.53. The second-order valence-electron chi connectivity index (χ2n) is 4.88. The van der Waals surface area contributed by atoms with Gasteiger partial charge in [0, 0.05) is 24.3 Å². The summed E-state index contributed by atoms with van der Waals surface area (Å²) in [5.74, 6) is -0.0164. The molecule has 1 heterocycles. The summed E-state index contributed by atoms with van der Waals surface area (Å²) in [5, 5.41) is 2.95. The van der Waals surface area contributed by atoms with Gasteiger partial charge in [-0.25, -0.2) is 0 Å². The minimum atomic E-state index is -0.0164. The van der Waals surface area contributed by atoms with Gasteiger partial charge in [0.25, 0.3) is 5.91 Å². The van der Waals surface area contributed by atoms with Gasteiger partial charge in [-0.3, -0.25) is 4.79 Å². The third-order valence-corrected chi connectivity index (χ3v) is 3.44. The third kappa shape index (κ3) is 3.23. The zero-order valence-corrected chi connectivity index (χ0v) is 10.9. The van der Waals surface area contributed by atoms with Gasteiger partial charge in [-0.05, 0) is 56.6 Å². The molecule has 0 saturated carbocycles. The number of nitrogens with one attached hydrogen (secondary N) is 1. The smallest absolute Gasteiger partial charge is 0.251 e. The largest absolute Gasteiger partial charge is 0.399 e. The molecule has 1 aliphatic heterocycles. The number of benzene rings is 1. The molecule has 4 nitrogen and oxygen atoms in total. The minimum Gasteiger partial charge on any atom is -0.399 e. The van der Waals surface area contributed by atoms with Gasteiger partial charge in [0.15, 0.2) is 0 Å². The van der Waals surface area contributed by atoms with Crippen LogP contribution in [0.2, 0.25) is 0 Å². The number of nitrogen functional groups attached to an aromatic ring is 1. The number of anilines is 1. The van der Waals surface area contributed by atoms with Crippen molar-refractivity contribution in [1.82, 2.24) is 10.2 Å². The molecule has 0 unspecified atom stereocenters. The lowest BCUT2D eigenvalue weighted by molar-refractivity contribution is 0.0949. The number of hydrogen-bond acceptors (Lipinski definition) is 3. The van der Waals surface area contributed by atoms with Crippen molar-refractivity contribution in [2.75, 3.05) is 31.9 Å². The van der Waals surface area contributed by atoms with E-state index in [1.807, 2.05) is 13.0 Å². The lowest BCUT2D eigenvalue weighted by Gasteiger charge is -2.14. The number of hydrogen-bond donors (Lipinski definition) is 2. The molecule has 1 saturated heterocycles. The molecule has 0 atom stereocenters. The standard InChI is InChI=1S/C14H21N3O/c1-11-10-12(4-5-13(11)15)14(18)16-6-9-17-7-2-3-8-17/h4-5,10H,2-3,6-9,15H2,1H3,(H,16,18). The van der Waals surface area contributed by atoms with Crippen molar-refractivity contribution in [2.45, 2.75) is 19.8 Å². The van der Waals surface area contributed by atoms with Gasteiger partial charge in [-0.2, -0.15) is 0 Å². The minimum absolute atomic E-state index is 0.0164. The Balaban J connectivity index is 1.81. The SMILES string of the molecule is Cc1cc(C(=O)NCCN2CCCC2)ccc1N. The second-order valence-corrected chi connectivity index (χ2v) is 4.88. The van der Waals surface area contributed by atoms with E-state index in [-0.39, 0.29) is 5.91 Å². The van der Waals surface area contributed by atoms with Crippen LogP contribution in [0.15, 0.2) is 18.2 Å². The van der Waals surface area contributed by atoms with Crippen LogP contribution < -0.4 is 11.1 Å². The number of nitrogens with two attached hydrogens (primary N) is 1. The molecule has 0 spiro atoms. The summed E-state index contributed by atoms with van der Waals surface area (Å²) in [5.41, 5.74) is 8.09. The highest BCUT2D eigenvalue weighted by Crippen LogP contribution is 2.12. The summed E-state index contributed by atoms with van der Waals surface area (Å²) >= 11 is 0. The lowest BCUT2D eigenvalue weighted by Crippen LogP contribution is -2.33.